The highest BCUT2D eigenvalue weighted by molar-refractivity contribution is 7.87. The van der Waals surface area contributed by atoms with E-state index in [-0.39, 0.29) is 0 Å². The Bertz CT molecular complexity index is 432. The Hall–Kier alpha value is -0.170. The van der Waals surface area contributed by atoms with E-state index in [1.54, 1.807) is 4.31 Å². The molecule has 122 valence electrons. The summed E-state index contributed by atoms with van der Waals surface area (Å²) in [5.74, 6) is 1.35. The highest BCUT2D eigenvalue weighted by atomic mass is 32.2. The second kappa shape index (κ2) is 6.94. The molecule has 2 N–H and O–H groups in total. The monoisotopic (exact) mass is 315 g/mol. The van der Waals surface area contributed by atoms with Crippen molar-refractivity contribution in [3.63, 3.8) is 0 Å². The van der Waals surface area contributed by atoms with E-state index in [9.17, 15) is 8.42 Å². The lowest BCUT2D eigenvalue weighted by Crippen LogP contribution is -2.48. The number of nitrogens with zero attached hydrogens (tertiary/aromatic N) is 1. The smallest absolute Gasteiger partial charge is 0.279 e. The third-order valence-electron chi connectivity index (χ3n) is 4.86. The van der Waals surface area contributed by atoms with Crippen LogP contribution in [0.1, 0.15) is 51.4 Å². The van der Waals surface area contributed by atoms with Crippen LogP contribution in [0.25, 0.3) is 0 Å². The molecular formula is C15H29N3O2S. The second-order valence-corrected chi connectivity index (χ2v) is 8.79. The third kappa shape index (κ3) is 5.20. The second-order valence-electron chi connectivity index (χ2n) is 7.03. The van der Waals surface area contributed by atoms with Crippen molar-refractivity contribution in [3.05, 3.63) is 0 Å². The van der Waals surface area contributed by atoms with Crippen molar-refractivity contribution in [3.8, 4) is 0 Å². The summed E-state index contributed by atoms with van der Waals surface area (Å²) in [6.45, 7) is 2.92. The average Bonchev–Trinajstić information content (AvgIpc) is 3.37. The van der Waals surface area contributed by atoms with Crippen molar-refractivity contribution in [1.29, 1.82) is 0 Å². The van der Waals surface area contributed by atoms with Gasteiger partial charge in [-0.25, -0.2) is 4.72 Å². The van der Waals surface area contributed by atoms with Crippen LogP contribution in [0.5, 0.6) is 0 Å². The summed E-state index contributed by atoms with van der Waals surface area (Å²) in [5, 5.41) is 3.53. The number of nitrogens with one attached hydrogen (secondary N) is 2. The zero-order chi connectivity index (χ0) is 14.7. The highest BCUT2D eigenvalue weighted by Gasteiger charge is 2.30. The zero-order valence-corrected chi connectivity index (χ0v) is 13.7. The Kier molecular flexibility index (Phi) is 5.19. The maximum atomic E-state index is 12.3. The van der Waals surface area contributed by atoms with Crippen LogP contribution in [0.4, 0.5) is 0 Å². The fraction of sp³-hybridized carbons (Fsp3) is 1.00. The molecule has 0 radical (unpaired) electrons. The van der Waals surface area contributed by atoms with Crippen LogP contribution in [0.3, 0.4) is 0 Å². The SMILES string of the molecule is O=S(=O)(NCCCC1CC1)N1CCCC(CNC2CC2)C1. The minimum Gasteiger partial charge on any atom is -0.314 e. The lowest BCUT2D eigenvalue weighted by Gasteiger charge is -2.32. The van der Waals surface area contributed by atoms with E-state index in [0.29, 0.717) is 31.6 Å². The van der Waals surface area contributed by atoms with E-state index in [2.05, 4.69) is 10.0 Å². The van der Waals surface area contributed by atoms with Crippen molar-refractivity contribution in [2.75, 3.05) is 26.2 Å². The molecule has 1 atom stereocenters. The first-order valence-electron chi connectivity index (χ1n) is 8.61. The standard InChI is InChI=1S/C15H29N3O2S/c19-21(20,17-9-1-3-13-5-6-13)18-10-2-4-14(12-18)11-16-15-7-8-15/h13-17H,1-12H2. The summed E-state index contributed by atoms with van der Waals surface area (Å²) in [4.78, 5) is 0. The van der Waals surface area contributed by atoms with Gasteiger partial charge in [0.15, 0.2) is 0 Å². The normalized spacial score (nSPS) is 27.9. The maximum absolute atomic E-state index is 12.3. The van der Waals surface area contributed by atoms with E-state index in [1.807, 2.05) is 0 Å². The summed E-state index contributed by atoms with van der Waals surface area (Å²) in [6.07, 6.45) is 9.55. The van der Waals surface area contributed by atoms with Gasteiger partial charge in [-0.1, -0.05) is 12.8 Å². The minimum atomic E-state index is -3.26. The molecule has 5 nitrogen and oxygen atoms in total. The van der Waals surface area contributed by atoms with Gasteiger partial charge in [0.2, 0.25) is 0 Å². The molecule has 0 aromatic rings. The van der Waals surface area contributed by atoms with Crippen LogP contribution >= 0.6 is 0 Å². The molecule has 3 fully saturated rings. The molecular weight excluding hydrogens is 286 g/mol. The van der Waals surface area contributed by atoms with Crippen molar-refractivity contribution in [2.45, 2.75) is 57.4 Å². The molecule has 0 bridgehead atoms. The highest BCUT2D eigenvalue weighted by Crippen LogP contribution is 2.33. The first kappa shape index (κ1) is 15.7. The fourth-order valence-corrected chi connectivity index (χ4v) is 4.48. The van der Waals surface area contributed by atoms with Gasteiger partial charge in [-0.15, -0.1) is 0 Å². The van der Waals surface area contributed by atoms with E-state index in [0.717, 1.165) is 31.7 Å². The van der Waals surface area contributed by atoms with E-state index in [1.165, 1.54) is 32.1 Å². The summed E-state index contributed by atoms with van der Waals surface area (Å²) in [5.41, 5.74) is 0. The van der Waals surface area contributed by atoms with Crippen LogP contribution in [0, 0.1) is 11.8 Å². The lowest BCUT2D eigenvalue weighted by molar-refractivity contribution is 0.257. The predicted octanol–water partition coefficient (Wildman–Crippen LogP) is 1.47. The first-order valence-corrected chi connectivity index (χ1v) is 10.1. The number of piperidine rings is 1. The molecule has 1 heterocycles. The van der Waals surface area contributed by atoms with Crippen LogP contribution in [0.2, 0.25) is 0 Å². The molecule has 1 aliphatic heterocycles. The fourth-order valence-electron chi connectivity index (χ4n) is 3.12. The number of hydrogen-bond acceptors (Lipinski definition) is 3. The van der Waals surface area contributed by atoms with Gasteiger partial charge in [0, 0.05) is 25.7 Å². The van der Waals surface area contributed by atoms with Gasteiger partial charge >= 0.3 is 0 Å². The number of rotatable bonds is 9. The van der Waals surface area contributed by atoms with E-state index >= 15 is 0 Å². The molecule has 21 heavy (non-hydrogen) atoms. The van der Waals surface area contributed by atoms with Crippen molar-refractivity contribution in [1.82, 2.24) is 14.3 Å². The molecule has 1 unspecified atom stereocenters. The lowest BCUT2D eigenvalue weighted by atomic mass is 10.00. The van der Waals surface area contributed by atoms with Gasteiger partial charge in [-0.3, -0.25) is 0 Å². The summed E-state index contributed by atoms with van der Waals surface area (Å²) >= 11 is 0. The van der Waals surface area contributed by atoms with Gasteiger partial charge in [-0.05, 0) is 56.9 Å². The molecule has 2 saturated carbocycles. The largest absolute Gasteiger partial charge is 0.314 e. The van der Waals surface area contributed by atoms with E-state index < -0.39 is 10.2 Å². The molecule has 0 aromatic carbocycles. The minimum absolute atomic E-state index is 0.474. The molecule has 3 aliphatic rings. The average molecular weight is 315 g/mol. The van der Waals surface area contributed by atoms with Crippen molar-refractivity contribution >= 4 is 10.2 Å². The molecule has 0 aromatic heterocycles. The van der Waals surface area contributed by atoms with Crippen LogP contribution < -0.4 is 10.0 Å². The molecule has 2 aliphatic carbocycles. The zero-order valence-electron chi connectivity index (χ0n) is 12.9. The Balaban J connectivity index is 1.39. The van der Waals surface area contributed by atoms with Gasteiger partial charge in [0.1, 0.15) is 0 Å². The molecule has 6 heteroatoms. The third-order valence-corrected chi connectivity index (χ3v) is 6.45. The maximum Gasteiger partial charge on any atom is 0.279 e. The predicted molar refractivity (Wildman–Crippen MR) is 84.2 cm³/mol. The summed E-state index contributed by atoms with van der Waals surface area (Å²) in [7, 11) is -3.26. The number of hydrogen-bond donors (Lipinski definition) is 2. The van der Waals surface area contributed by atoms with Crippen molar-refractivity contribution in [2.24, 2.45) is 11.8 Å². The molecule has 0 amide bonds. The van der Waals surface area contributed by atoms with Gasteiger partial charge in [0.25, 0.3) is 10.2 Å². The Labute approximate surface area is 129 Å². The van der Waals surface area contributed by atoms with Gasteiger partial charge in [0.05, 0.1) is 0 Å². The molecule has 1 saturated heterocycles. The topological polar surface area (TPSA) is 61.4 Å². The van der Waals surface area contributed by atoms with Gasteiger partial charge < -0.3 is 5.32 Å². The van der Waals surface area contributed by atoms with Gasteiger partial charge in [-0.2, -0.15) is 12.7 Å². The Morgan fingerprint density at radius 1 is 1.05 bits per heavy atom. The van der Waals surface area contributed by atoms with Crippen LogP contribution in [0.15, 0.2) is 0 Å². The van der Waals surface area contributed by atoms with Crippen molar-refractivity contribution < 1.29 is 8.42 Å². The Morgan fingerprint density at radius 2 is 1.86 bits per heavy atom. The first-order chi connectivity index (χ1) is 10.1. The summed E-state index contributed by atoms with van der Waals surface area (Å²) in [6, 6.07) is 0.706. The molecule has 3 rings (SSSR count). The summed E-state index contributed by atoms with van der Waals surface area (Å²) < 4.78 is 29.1. The quantitative estimate of drug-likeness (QED) is 0.634. The Morgan fingerprint density at radius 3 is 2.57 bits per heavy atom. The molecule has 0 spiro atoms. The van der Waals surface area contributed by atoms with E-state index in [4.69, 9.17) is 0 Å². The van der Waals surface area contributed by atoms with Crippen LogP contribution in [-0.2, 0) is 10.2 Å². The van der Waals surface area contributed by atoms with Crippen LogP contribution in [-0.4, -0.2) is 44.9 Å².